The standard InChI is InChI=1S/C16H11F4N/c1-9-7-21(8-10-5-3-2-4-6-10)16-11(9)12(17)13(18)14(19)15(16)20/h2-7H,8H2,1H3. The first-order valence-electron chi connectivity index (χ1n) is 6.36. The first kappa shape index (κ1) is 13.7. The van der Waals surface area contributed by atoms with Crippen molar-refractivity contribution in [2.75, 3.05) is 0 Å². The molecule has 0 aliphatic carbocycles. The summed E-state index contributed by atoms with van der Waals surface area (Å²) in [6.07, 6.45) is 1.49. The predicted molar refractivity (Wildman–Crippen MR) is 72.1 cm³/mol. The molecule has 0 saturated heterocycles. The predicted octanol–water partition coefficient (Wildman–Crippen LogP) is 4.55. The van der Waals surface area contributed by atoms with Crippen molar-refractivity contribution < 1.29 is 17.6 Å². The van der Waals surface area contributed by atoms with Crippen molar-refractivity contribution in [1.82, 2.24) is 4.57 Å². The fourth-order valence-electron chi connectivity index (χ4n) is 2.52. The molecule has 5 heteroatoms. The normalized spacial score (nSPS) is 11.3. The fraction of sp³-hybridized carbons (Fsp3) is 0.125. The maximum Gasteiger partial charge on any atom is 0.199 e. The first-order valence-corrected chi connectivity index (χ1v) is 6.36. The van der Waals surface area contributed by atoms with Gasteiger partial charge in [-0.05, 0) is 18.1 Å². The van der Waals surface area contributed by atoms with Gasteiger partial charge in [0, 0.05) is 18.1 Å². The van der Waals surface area contributed by atoms with Gasteiger partial charge in [-0.2, -0.15) is 0 Å². The van der Waals surface area contributed by atoms with E-state index in [-0.39, 0.29) is 17.4 Å². The molecule has 0 aliphatic rings. The molecule has 0 saturated carbocycles. The number of hydrogen-bond donors (Lipinski definition) is 0. The molecule has 0 bridgehead atoms. The smallest absolute Gasteiger partial charge is 0.199 e. The topological polar surface area (TPSA) is 4.93 Å². The zero-order chi connectivity index (χ0) is 15.1. The summed E-state index contributed by atoms with van der Waals surface area (Å²) in [6.45, 7) is 1.77. The Hall–Kier alpha value is -2.30. The molecule has 0 N–H and O–H groups in total. The summed E-state index contributed by atoms with van der Waals surface area (Å²) in [5.74, 6) is -6.28. The molecule has 0 unspecified atom stereocenters. The Morgan fingerprint density at radius 1 is 0.857 bits per heavy atom. The highest BCUT2D eigenvalue weighted by atomic mass is 19.2. The maximum atomic E-state index is 14.0. The molecule has 2 aromatic carbocycles. The third kappa shape index (κ3) is 2.09. The van der Waals surface area contributed by atoms with Crippen LogP contribution in [0, 0.1) is 30.2 Å². The van der Waals surface area contributed by atoms with Gasteiger partial charge in [0.2, 0.25) is 0 Å². The average molecular weight is 293 g/mol. The molecule has 0 spiro atoms. The summed E-state index contributed by atoms with van der Waals surface area (Å²) < 4.78 is 56.0. The third-order valence-electron chi connectivity index (χ3n) is 3.47. The van der Waals surface area contributed by atoms with Crippen LogP contribution in [-0.2, 0) is 6.54 Å². The number of hydrogen-bond acceptors (Lipinski definition) is 0. The SMILES string of the molecule is Cc1cn(Cc2ccccc2)c2c(F)c(F)c(F)c(F)c12. The summed E-state index contributed by atoms with van der Waals surface area (Å²) in [7, 11) is 0. The fourth-order valence-corrected chi connectivity index (χ4v) is 2.52. The molecule has 0 radical (unpaired) electrons. The molecule has 21 heavy (non-hydrogen) atoms. The summed E-state index contributed by atoms with van der Waals surface area (Å²) >= 11 is 0. The number of rotatable bonds is 2. The average Bonchev–Trinajstić information content (AvgIpc) is 2.80. The van der Waals surface area contributed by atoms with Gasteiger partial charge in [-0.1, -0.05) is 30.3 Å². The second kappa shape index (κ2) is 4.91. The number of benzene rings is 2. The van der Waals surface area contributed by atoms with Crippen LogP contribution >= 0.6 is 0 Å². The molecular formula is C16H11F4N. The summed E-state index contributed by atoms with van der Waals surface area (Å²) in [5.41, 5.74) is 0.947. The van der Waals surface area contributed by atoms with Crippen LogP contribution in [0.1, 0.15) is 11.1 Å². The second-order valence-electron chi connectivity index (χ2n) is 4.91. The van der Waals surface area contributed by atoms with Crippen LogP contribution in [0.15, 0.2) is 36.5 Å². The van der Waals surface area contributed by atoms with Crippen molar-refractivity contribution in [3.63, 3.8) is 0 Å². The number of aryl methyl sites for hydroxylation is 1. The van der Waals surface area contributed by atoms with Crippen LogP contribution < -0.4 is 0 Å². The van der Waals surface area contributed by atoms with Gasteiger partial charge in [0.25, 0.3) is 0 Å². The van der Waals surface area contributed by atoms with E-state index in [4.69, 9.17) is 0 Å². The second-order valence-corrected chi connectivity index (χ2v) is 4.91. The molecule has 0 aliphatic heterocycles. The zero-order valence-electron chi connectivity index (χ0n) is 11.1. The van der Waals surface area contributed by atoms with E-state index in [1.165, 1.54) is 17.7 Å². The van der Waals surface area contributed by atoms with Crippen LogP contribution in [0.25, 0.3) is 10.9 Å². The van der Waals surface area contributed by atoms with E-state index >= 15 is 0 Å². The number of fused-ring (bicyclic) bond motifs is 1. The summed E-state index contributed by atoms with van der Waals surface area (Å²) in [4.78, 5) is 0. The molecule has 0 fully saturated rings. The van der Waals surface area contributed by atoms with Gasteiger partial charge in [0.15, 0.2) is 23.3 Å². The lowest BCUT2D eigenvalue weighted by Gasteiger charge is -2.08. The van der Waals surface area contributed by atoms with E-state index in [9.17, 15) is 17.6 Å². The molecule has 3 rings (SSSR count). The summed E-state index contributed by atoms with van der Waals surface area (Å²) in [5, 5.41) is -0.220. The van der Waals surface area contributed by atoms with Gasteiger partial charge in [0.05, 0.1) is 5.52 Å². The van der Waals surface area contributed by atoms with Gasteiger partial charge in [-0.25, -0.2) is 17.6 Å². The largest absolute Gasteiger partial charge is 0.340 e. The lowest BCUT2D eigenvalue weighted by Crippen LogP contribution is -2.03. The zero-order valence-corrected chi connectivity index (χ0v) is 11.1. The Morgan fingerprint density at radius 2 is 1.48 bits per heavy atom. The molecule has 0 atom stereocenters. The van der Waals surface area contributed by atoms with Crippen molar-refractivity contribution in [3.8, 4) is 0 Å². The molecule has 1 nitrogen and oxygen atoms in total. The van der Waals surface area contributed by atoms with Crippen molar-refractivity contribution in [3.05, 3.63) is 70.9 Å². The Kier molecular flexibility index (Phi) is 3.20. The number of halogens is 4. The van der Waals surface area contributed by atoms with Crippen LogP contribution in [0.5, 0.6) is 0 Å². The van der Waals surface area contributed by atoms with Crippen LogP contribution in [0.3, 0.4) is 0 Å². The number of nitrogens with zero attached hydrogens (tertiary/aromatic N) is 1. The van der Waals surface area contributed by atoms with Crippen molar-refractivity contribution in [1.29, 1.82) is 0 Å². The number of aromatic nitrogens is 1. The van der Waals surface area contributed by atoms with Crippen molar-refractivity contribution >= 4 is 10.9 Å². The van der Waals surface area contributed by atoms with E-state index in [0.717, 1.165) is 5.56 Å². The Labute approximate surface area is 118 Å². The third-order valence-corrected chi connectivity index (χ3v) is 3.47. The molecule has 0 amide bonds. The lowest BCUT2D eigenvalue weighted by molar-refractivity contribution is 0.416. The Bertz CT molecular complexity index is 822. The minimum atomic E-state index is -1.78. The van der Waals surface area contributed by atoms with E-state index < -0.39 is 23.3 Å². The molecule has 108 valence electrons. The van der Waals surface area contributed by atoms with Gasteiger partial charge in [-0.15, -0.1) is 0 Å². The molecule has 1 heterocycles. The van der Waals surface area contributed by atoms with Gasteiger partial charge >= 0.3 is 0 Å². The summed E-state index contributed by atoms with van der Waals surface area (Å²) in [6, 6.07) is 9.08. The van der Waals surface area contributed by atoms with E-state index in [2.05, 4.69) is 0 Å². The maximum absolute atomic E-state index is 14.0. The van der Waals surface area contributed by atoms with Gasteiger partial charge in [0.1, 0.15) is 0 Å². The minimum Gasteiger partial charge on any atom is -0.340 e. The van der Waals surface area contributed by atoms with E-state index in [1.54, 1.807) is 0 Å². The Balaban J connectivity index is 2.26. The molecule has 1 aromatic heterocycles. The van der Waals surface area contributed by atoms with E-state index in [1.807, 2.05) is 30.3 Å². The van der Waals surface area contributed by atoms with Crippen LogP contribution in [0.2, 0.25) is 0 Å². The van der Waals surface area contributed by atoms with Crippen molar-refractivity contribution in [2.24, 2.45) is 0 Å². The molecular weight excluding hydrogens is 282 g/mol. The molecule has 3 aromatic rings. The Morgan fingerprint density at radius 3 is 2.14 bits per heavy atom. The lowest BCUT2D eigenvalue weighted by atomic mass is 10.1. The van der Waals surface area contributed by atoms with E-state index in [0.29, 0.717) is 5.56 Å². The highest BCUT2D eigenvalue weighted by molar-refractivity contribution is 5.85. The quantitative estimate of drug-likeness (QED) is 0.371. The van der Waals surface area contributed by atoms with Gasteiger partial charge in [-0.3, -0.25) is 0 Å². The first-order chi connectivity index (χ1) is 10.0. The van der Waals surface area contributed by atoms with Crippen LogP contribution in [-0.4, -0.2) is 4.57 Å². The van der Waals surface area contributed by atoms with Crippen molar-refractivity contribution in [2.45, 2.75) is 13.5 Å². The highest BCUT2D eigenvalue weighted by Crippen LogP contribution is 2.31. The van der Waals surface area contributed by atoms with Crippen LogP contribution in [0.4, 0.5) is 17.6 Å². The minimum absolute atomic E-state index is 0.220. The monoisotopic (exact) mass is 293 g/mol. The van der Waals surface area contributed by atoms with Gasteiger partial charge < -0.3 is 4.57 Å². The highest BCUT2D eigenvalue weighted by Gasteiger charge is 2.24.